The fourth-order valence-corrected chi connectivity index (χ4v) is 3.24. The van der Waals surface area contributed by atoms with Crippen LogP contribution in [0.15, 0.2) is 0 Å². The summed E-state index contributed by atoms with van der Waals surface area (Å²) in [6, 6.07) is 0. The van der Waals surface area contributed by atoms with Gasteiger partial charge in [0.05, 0.1) is 0 Å². The van der Waals surface area contributed by atoms with Gasteiger partial charge in [-0.3, -0.25) is 0 Å². The first-order valence-corrected chi connectivity index (χ1v) is 18.4. The van der Waals surface area contributed by atoms with E-state index in [-0.39, 0.29) is 11.7 Å². The van der Waals surface area contributed by atoms with E-state index in [1.807, 2.05) is 27.7 Å². The zero-order chi connectivity index (χ0) is 36.6. The third-order valence-corrected chi connectivity index (χ3v) is 6.41. The summed E-state index contributed by atoms with van der Waals surface area (Å²) >= 11 is 0. The molecule has 5 nitrogen and oxygen atoms in total. The van der Waals surface area contributed by atoms with Crippen molar-refractivity contribution in [3.05, 3.63) is 0 Å². The smallest absolute Gasteiger partial charge is 0.126 e. The van der Waals surface area contributed by atoms with E-state index >= 15 is 0 Å². The highest BCUT2D eigenvalue weighted by Gasteiger charge is 2.12. The van der Waals surface area contributed by atoms with Crippen molar-refractivity contribution in [2.45, 2.75) is 201 Å². The Labute approximate surface area is 280 Å². The van der Waals surface area contributed by atoms with E-state index in [2.05, 4.69) is 55.4 Å². The van der Waals surface area contributed by atoms with Gasteiger partial charge < -0.3 is 24.9 Å². The number of carbonyl (C=O) groups is 4. The molecule has 0 aromatic rings. The summed E-state index contributed by atoms with van der Waals surface area (Å²) in [5.74, 6) is 2.71. The number of aldehydes is 3. The Morgan fingerprint density at radius 2 is 0.955 bits per heavy atom. The predicted molar refractivity (Wildman–Crippen MR) is 202 cm³/mol. The molecule has 272 valence electrons. The highest BCUT2D eigenvalue weighted by atomic mass is 16.1. The third kappa shape index (κ3) is 97.1. The zero-order valence-corrected chi connectivity index (χ0v) is 33.4. The molecule has 5 heteroatoms. The maximum Gasteiger partial charge on any atom is 0.126 e. The number of carbonyl (C=O) groups excluding carboxylic acids is 4. The number of hydrogen-bond donors (Lipinski definition) is 1. The van der Waals surface area contributed by atoms with Crippen LogP contribution < -0.4 is 5.73 Å². The van der Waals surface area contributed by atoms with Gasteiger partial charge in [-0.2, -0.15) is 0 Å². The minimum absolute atomic E-state index is 0.167. The highest BCUT2D eigenvalue weighted by molar-refractivity contribution is 5.72. The van der Waals surface area contributed by atoms with E-state index in [4.69, 9.17) is 15.3 Å². The monoisotopic (exact) mass is 634 g/mol. The normalized spacial score (nSPS) is 10.7. The SMILES string of the molecule is CC.CC.CC(C)=O.CC=O.CC=O.CCC(C)C(C)C.CCCCCCCCCC.CCCC[C@H](C=O)C[C@H](CC)CN. The standard InChI is InChI=1S/C11H23NO.C10H22.C7H16.C3H6O.2C2H4O.2C2H6/c1-3-5-6-11(9-13)7-10(4-2)8-12;1-3-5-7-9-10-8-6-4-2;1-5-7(4)6(2)3;1-3(2)4;2*1-2-3;2*1-2/h9-11H,3-8,12H2,1-2H3;3-10H2,1-2H3;6-7H,5H2,1-4H3;1-2H3;2*2H,1H3;2*1-2H3/t10-,11-;;;;;;;/m0......./s1. The molecule has 1 unspecified atom stereocenters. The van der Waals surface area contributed by atoms with Crippen LogP contribution in [-0.4, -0.2) is 31.2 Å². The van der Waals surface area contributed by atoms with Crippen molar-refractivity contribution in [3.8, 4) is 0 Å². The van der Waals surface area contributed by atoms with Crippen LogP contribution in [0.3, 0.4) is 0 Å². The first-order valence-electron chi connectivity index (χ1n) is 18.4. The van der Waals surface area contributed by atoms with Crippen LogP contribution in [-0.2, 0) is 19.2 Å². The first-order chi connectivity index (χ1) is 20.9. The third-order valence-electron chi connectivity index (χ3n) is 6.41. The minimum atomic E-state index is 0.167. The van der Waals surface area contributed by atoms with Crippen molar-refractivity contribution in [2.24, 2.45) is 29.4 Å². The molecular weight excluding hydrogens is 546 g/mol. The van der Waals surface area contributed by atoms with Gasteiger partial charge in [-0.05, 0) is 64.8 Å². The van der Waals surface area contributed by atoms with Gasteiger partial charge in [-0.25, -0.2) is 0 Å². The van der Waals surface area contributed by atoms with Crippen molar-refractivity contribution >= 4 is 24.6 Å². The molecule has 0 bridgehead atoms. The molecule has 0 saturated carbocycles. The molecule has 0 saturated heterocycles. The Kier molecular flexibility index (Phi) is 96.2. The van der Waals surface area contributed by atoms with Gasteiger partial charge in [-0.15, -0.1) is 0 Å². The minimum Gasteiger partial charge on any atom is -0.330 e. The van der Waals surface area contributed by atoms with Gasteiger partial charge in [0.1, 0.15) is 24.6 Å². The molecule has 3 atom stereocenters. The van der Waals surface area contributed by atoms with Crippen LogP contribution in [0.25, 0.3) is 0 Å². The lowest BCUT2D eigenvalue weighted by Crippen LogP contribution is -2.18. The Hall–Kier alpha value is -1.36. The molecule has 0 rings (SSSR count). The predicted octanol–water partition coefficient (Wildman–Crippen LogP) is 12.3. The lowest BCUT2D eigenvalue weighted by molar-refractivity contribution is -0.115. The lowest BCUT2D eigenvalue weighted by atomic mass is 9.90. The van der Waals surface area contributed by atoms with Crippen LogP contribution in [0, 0.1) is 23.7 Å². The molecule has 44 heavy (non-hydrogen) atoms. The van der Waals surface area contributed by atoms with E-state index in [0.29, 0.717) is 12.5 Å². The van der Waals surface area contributed by atoms with Gasteiger partial charge >= 0.3 is 0 Å². The number of hydrogen-bond acceptors (Lipinski definition) is 5. The maximum absolute atomic E-state index is 10.7. The van der Waals surface area contributed by atoms with E-state index in [9.17, 15) is 9.59 Å². The van der Waals surface area contributed by atoms with Crippen molar-refractivity contribution < 1.29 is 19.2 Å². The molecule has 0 aromatic carbocycles. The fourth-order valence-electron chi connectivity index (χ4n) is 3.24. The van der Waals surface area contributed by atoms with Crippen LogP contribution in [0.2, 0.25) is 0 Å². The van der Waals surface area contributed by atoms with Crippen LogP contribution >= 0.6 is 0 Å². The Morgan fingerprint density at radius 3 is 1.14 bits per heavy atom. The molecule has 0 fully saturated rings. The van der Waals surface area contributed by atoms with Gasteiger partial charge in [0.2, 0.25) is 0 Å². The van der Waals surface area contributed by atoms with Gasteiger partial charge in [0.15, 0.2) is 0 Å². The van der Waals surface area contributed by atoms with E-state index in [0.717, 1.165) is 56.4 Å². The second kappa shape index (κ2) is 68.7. The Bertz CT molecular complexity index is 445. The summed E-state index contributed by atoms with van der Waals surface area (Å²) in [5, 5.41) is 0. The molecule has 0 aliphatic carbocycles. The number of unbranched alkanes of at least 4 members (excludes halogenated alkanes) is 8. The second-order valence-electron chi connectivity index (χ2n) is 10.9. The zero-order valence-electron chi connectivity index (χ0n) is 33.4. The van der Waals surface area contributed by atoms with Crippen LogP contribution in [0.5, 0.6) is 0 Å². The Balaban J connectivity index is -0.0000000620. The van der Waals surface area contributed by atoms with Crippen molar-refractivity contribution in [1.29, 1.82) is 0 Å². The summed E-state index contributed by atoms with van der Waals surface area (Å²) in [7, 11) is 0. The van der Waals surface area contributed by atoms with E-state index in [1.54, 1.807) is 0 Å². The number of ketones is 1. The summed E-state index contributed by atoms with van der Waals surface area (Å²) in [6.07, 6.45) is 20.8. The molecule has 0 spiro atoms. The summed E-state index contributed by atoms with van der Waals surface area (Å²) in [4.78, 5) is 37.8. The highest BCUT2D eigenvalue weighted by Crippen LogP contribution is 2.18. The maximum atomic E-state index is 10.7. The summed E-state index contributed by atoms with van der Waals surface area (Å²) in [5.41, 5.74) is 5.60. The molecule has 2 N–H and O–H groups in total. The average molecular weight is 634 g/mol. The van der Waals surface area contributed by atoms with E-state index < -0.39 is 0 Å². The quantitative estimate of drug-likeness (QED) is 0.127. The average Bonchev–Trinajstić information content (AvgIpc) is 3.02. The second-order valence-corrected chi connectivity index (χ2v) is 10.9. The molecule has 0 aromatic heterocycles. The molecule has 0 amide bonds. The van der Waals surface area contributed by atoms with Crippen LogP contribution in [0.4, 0.5) is 0 Å². The topological polar surface area (TPSA) is 94.3 Å². The lowest BCUT2D eigenvalue weighted by Gasteiger charge is -2.16. The summed E-state index contributed by atoms with van der Waals surface area (Å²) < 4.78 is 0. The van der Waals surface area contributed by atoms with Crippen molar-refractivity contribution in [1.82, 2.24) is 0 Å². The van der Waals surface area contributed by atoms with E-state index in [1.165, 1.54) is 91.9 Å². The van der Waals surface area contributed by atoms with Crippen molar-refractivity contribution in [3.63, 3.8) is 0 Å². The molecule has 0 aliphatic heterocycles. The van der Waals surface area contributed by atoms with Crippen LogP contribution in [0.1, 0.15) is 201 Å². The molecular formula is C39H87NO4. The van der Waals surface area contributed by atoms with Gasteiger partial charge in [-0.1, -0.05) is 160 Å². The number of rotatable bonds is 17. The number of Topliss-reactive ketones (excluding diaryl/α,β-unsaturated/α-hetero) is 1. The first kappa shape index (κ1) is 61.6. The largest absolute Gasteiger partial charge is 0.330 e. The fraction of sp³-hybridized carbons (Fsp3) is 0.897. The van der Waals surface area contributed by atoms with Crippen molar-refractivity contribution in [2.75, 3.05) is 6.54 Å². The van der Waals surface area contributed by atoms with Gasteiger partial charge in [0, 0.05) is 5.92 Å². The molecule has 0 aliphatic rings. The number of nitrogens with two attached hydrogens (primary N) is 1. The Morgan fingerprint density at radius 1 is 0.636 bits per heavy atom. The molecule has 0 radical (unpaired) electrons. The molecule has 0 heterocycles. The summed E-state index contributed by atoms with van der Waals surface area (Å²) in [6.45, 7) is 32.6. The van der Waals surface area contributed by atoms with Gasteiger partial charge in [0.25, 0.3) is 0 Å².